The van der Waals surface area contributed by atoms with Gasteiger partial charge in [-0.3, -0.25) is 4.79 Å². The van der Waals surface area contributed by atoms with Gasteiger partial charge in [0, 0.05) is 18.7 Å². The third-order valence-corrected chi connectivity index (χ3v) is 4.23. The number of benzene rings is 1. The largest absolute Gasteiger partial charge is 0.496 e. The molecule has 0 radical (unpaired) electrons. The predicted octanol–water partition coefficient (Wildman–Crippen LogP) is 1.79. The summed E-state index contributed by atoms with van der Waals surface area (Å²) in [5, 5.41) is 22.7. The van der Waals surface area contributed by atoms with Crippen molar-refractivity contribution in [2.75, 3.05) is 13.7 Å². The molecule has 0 atom stereocenters. The van der Waals surface area contributed by atoms with Crippen LogP contribution in [0, 0.1) is 5.92 Å². The molecule has 1 aromatic rings. The van der Waals surface area contributed by atoms with Crippen molar-refractivity contribution >= 4 is 5.97 Å². The normalized spacial score (nSPS) is 25.5. The van der Waals surface area contributed by atoms with Crippen LogP contribution in [0.15, 0.2) is 24.3 Å². The zero-order valence-corrected chi connectivity index (χ0v) is 12.3. The molecule has 21 heavy (non-hydrogen) atoms. The SMILES string of the molecule is COc1ccccc1CNCC1(O)CCC(C(=O)O)CC1. The van der Waals surface area contributed by atoms with Crippen LogP contribution in [0.3, 0.4) is 0 Å². The first-order chi connectivity index (χ1) is 10.0. The number of carbonyl (C=O) groups is 1. The Bertz CT molecular complexity index is 481. The molecule has 3 N–H and O–H groups in total. The van der Waals surface area contributed by atoms with E-state index in [0.29, 0.717) is 38.8 Å². The minimum Gasteiger partial charge on any atom is -0.496 e. The molecule has 1 saturated carbocycles. The molecule has 0 bridgehead atoms. The Kier molecular flexibility index (Phi) is 5.20. The number of hydrogen-bond acceptors (Lipinski definition) is 4. The lowest BCUT2D eigenvalue weighted by molar-refractivity contribution is -0.144. The van der Waals surface area contributed by atoms with E-state index >= 15 is 0 Å². The average molecular weight is 293 g/mol. The van der Waals surface area contributed by atoms with Crippen molar-refractivity contribution in [1.82, 2.24) is 5.32 Å². The smallest absolute Gasteiger partial charge is 0.306 e. The van der Waals surface area contributed by atoms with Gasteiger partial charge >= 0.3 is 5.97 Å². The lowest BCUT2D eigenvalue weighted by atomic mass is 9.79. The number of methoxy groups -OCH3 is 1. The van der Waals surface area contributed by atoms with Crippen LogP contribution in [0.2, 0.25) is 0 Å². The number of ether oxygens (including phenoxy) is 1. The summed E-state index contributed by atoms with van der Waals surface area (Å²) in [7, 11) is 1.64. The van der Waals surface area contributed by atoms with E-state index in [1.54, 1.807) is 7.11 Å². The van der Waals surface area contributed by atoms with Crippen LogP contribution in [0.5, 0.6) is 5.75 Å². The van der Waals surface area contributed by atoms with E-state index in [1.165, 1.54) is 0 Å². The second kappa shape index (κ2) is 6.91. The van der Waals surface area contributed by atoms with E-state index in [4.69, 9.17) is 9.84 Å². The second-order valence-electron chi connectivity index (χ2n) is 5.75. The molecule has 5 heteroatoms. The molecule has 116 valence electrons. The summed E-state index contributed by atoms with van der Waals surface area (Å²) in [6.45, 7) is 1.09. The molecule has 0 unspecified atom stereocenters. The molecule has 0 saturated heterocycles. The van der Waals surface area contributed by atoms with Crippen LogP contribution in [0.25, 0.3) is 0 Å². The van der Waals surface area contributed by atoms with Crippen LogP contribution in [-0.4, -0.2) is 35.4 Å². The average Bonchev–Trinajstić information content (AvgIpc) is 2.48. The van der Waals surface area contributed by atoms with Gasteiger partial charge in [0.05, 0.1) is 18.6 Å². The van der Waals surface area contributed by atoms with Crippen molar-refractivity contribution in [3.05, 3.63) is 29.8 Å². The summed E-state index contributed by atoms with van der Waals surface area (Å²) in [4.78, 5) is 10.9. The summed E-state index contributed by atoms with van der Waals surface area (Å²) in [6, 6.07) is 7.76. The Balaban J connectivity index is 1.82. The highest BCUT2D eigenvalue weighted by Crippen LogP contribution is 2.32. The number of para-hydroxylation sites is 1. The fourth-order valence-electron chi connectivity index (χ4n) is 2.86. The molecule has 0 heterocycles. The van der Waals surface area contributed by atoms with Crippen molar-refractivity contribution in [1.29, 1.82) is 0 Å². The quantitative estimate of drug-likeness (QED) is 0.745. The minimum atomic E-state index is -0.798. The fourth-order valence-corrected chi connectivity index (χ4v) is 2.86. The predicted molar refractivity (Wildman–Crippen MR) is 79.2 cm³/mol. The van der Waals surface area contributed by atoms with Gasteiger partial charge in [0.1, 0.15) is 5.75 Å². The molecule has 1 aromatic carbocycles. The summed E-state index contributed by atoms with van der Waals surface area (Å²) in [6.07, 6.45) is 2.15. The number of carboxylic acid groups (broad SMARTS) is 1. The van der Waals surface area contributed by atoms with Crippen molar-refractivity contribution in [2.45, 2.75) is 37.8 Å². The minimum absolute atomic E-state index is 0.306. The Hall–Kier alpha value is -1.59. The molecule has 0 aliphatic heterocycles. The van der Waals surface area contributed by atoms with Crippen LogP contribution in [-0.2, 0) is 11.3 Å². The van der Waals surface area contributed by atoms with Crippen molar-refractivity contribution in [3.8, 4) is 5.75 Å². The van der Waals surface area contributed by atoms with Gasteiger partial charge in [0.25, 0.3) is 0 Å². The van der Waals surface area contributed by atoms with Gasteiger partial charge in [-0.25, -0.2) is 0 Å². The second-order valence-corrected chi connectivity index (χ2v) is 5.75. The molecule has 0 amide bonds. The summed E-state index contributed by atoms with van der Waals surface area (Å²) in [5.74, 6) is -0.231. The van der Waals surface area contributed by atoms with Gasteiger partial charge in [-0.05, 0) is 31.7 Å². The van der Waals surface area contributed by atoms with Crippen LogP contribution < -0.4 is 10.1 Å². The highest BCUT2D eigenvalue weighted by atomic mass is 16.5. The molecule has 1 aliphatic rings. The maximum Gasteiger partial charge on any atom is 0.306 e. The highest BCUT2D eigenvalue weighted by Gasteiger charge is 2.35. The molecular weight excluding hydrogens is 270 g/mol. The topological polar surface area (TPSA) is 78.8 Å². The van der Waals surface area contributed by atoms with Gasteiger partial charge in [0.2, 0.25) is 0 Å². The van der Waals surface area contributed by atoms with E-state index in [0.717, 1.165) is 11.3 Å². The molecule has 1 fully saturated rings. The maximum absolute atomic E-state index is 10.9. The highest BCUT2D eigenvalue weighted by molar-refractivity contribution is 5.70. The standard InChI is InChI=1S/C16H23NO4/c1-21-14-5-3-2-4-13(14)10-17-11-16(20)8-6-12(7-9-16)15(18)19/h2-5,12,17,20H,6-11H2,1H3,(H,18,19). The number of hydrogen-bond donors (Lipinski definition) is 3. The van der Waals surface area contributed by atoms with E-state index in [9.17, 15) is 9.90 Å². The van der Waals surface area contributed by atoms with Crippen LogP contribution >= 0.6 is 0 Å². The van der Waals surface area contributed by atoms with E-state index < -0.39 is 11.6 Å². The van der Waals surface area contributed by atoms with Crippen LogP contribution in [0.4, 0.5) is 0 Å². The Morgan fingerprint density at radius 2 is 2.05 bits per heavy atom. The maximum atomic E-state index is 10.9. The first-order valence-electron chi connectivity index (χ1n) is 7.32. The van der Waals surface area contributed by atoms with Crippen molar-refractivity contribution in [2.24, 2.45) is 5.92 Å². The van der Waals surface area contributed by atoms with Crippen molar-refractivity contribution < 1.29 is 19.7 Å². The van der Waals surface area contributed by atoms with Gasteiger partial charge in [-0.1, -0.05) is 18.2 Å². The molecular formula is C16H23NO4. The molecule has 0 spiro atoms. The zero-order valence-electron chi connectivity index (χ0n) is 12.3. The monoisotopic (exact) mass is 293 g/mol. The number of rotatable bonds is 6. The van der Waals surface area contributed by atoms with Gasteiger partial charge in [0.15, 0.2) is 0 Å². The van der Waals surface area contributed by atoms with Gasteiger partial charge in [-0.15, -0.1) is 0 Å². The third kappa shape index (κ3) is 4.19. The van der Waals surface area contributed by atoms with Crippen LogP contribution in [0.1, 0.15) is 31.2 Å². The molecule has 5 nitrogen and oxygen atoms in total. The number of aliphatic carboxylic acids is 1. The summed E-state index contributed by atoms with van der Waals surface area (Å²) >= 11 is 0. The zero-order chi connectivity index (χ0) is 15.3. The van der Waals surface area contributed by atoms with E-state index in [2.05, 4.69) is 5.32 Å². The lowest BCUT2D eigenvalue weighted by Gasteiger charge is -2.34. The fraction of sp³-hybridized carbons (Fsp3) is 0.562. The molecule has 1 aliphatic carbocycles. The Labute approximate surface area is 124 Å². The first kappa shape index (κ1) is 15.8. The summed E-state index contributed by atoms with van der Waals surface area (Å²) in [5.41, 5.74) is 0.247. The number of nitrogens with one attached hydrogen (secondary N) is 1. The number of carboxylic acids is 1. The lowest BCUT2D eigenvalue weighted by Crippen LogP contribution is -2.44. The van der Waals surface area contributed by atoms with Crippen molar-refractivity contribution in [3.63, 3.8) is 0 Å². The summed E-state index contributed by atoms with van der Waals surface area (Å²) < 4.78 is 5.29. The number of aliphatic hydroxyl groups is 1. The van der Waals surface area contributed by atoms with Gasteiger partial charge in [-0.2, -0.15) is 0 Å². The van der Waals surface area contributed by atoms with E-state index in [1.807, 2.05) is 24.3 Å². The molecule has 2 rings (SSSR count). The van der Waals surface area contributed by atoms with Gasteiger partial charge < -0.3 is 20.3 Å². The third-order valence-electron chi connectivity index (χ3n) is 4.23. The first-order valence-corrected chi connectivity index (χ1v) is 7.32. The molecule has 0 aromatic heterocycles. The Morgan fingerprint density at radius 1 is 1.38 bits per heavy atom. The Morgan fingerprint density at radius 3 is 2.67 bits per heavy atom. The van der Waals surface area contributed by atoms with E-state index in [-0.39, 0.29) is 5.92 Å².